The average molecular weight is 323 g/mol. The van der Waals surface area contributed by atoms with Gasteiger partial charge in [0.1, 0.15) is 0 Å². The van der Waals surface area contributed by atoms with Crippen LogP contribution in [0.15, 0.2) is 22.7 Å². The lowest BCUT2D eigenvalue weighted by atomic mass is 10.3. The first-order chi connectivity index (χ1) is 7.49. The molecule has 16 heavy (non-hydrogen) atoms. The van der Waals surface area contributed by atoms with Crippen LogP contribution in [0.4, 0.5) is 5.69 Å². The SMILES string of the molecule is N=C(N)SCC(=O)Nc1ccc(Br)cc1Cl. The zero-order valence-corrected chi connectivity index (χ0v) is 11.2. The third kappa shape index (κ3) is 4.42. The van der Waals surface area contributed by atoms with Gasteiger partial charge in [0.05, 0.1) is 16.5 Å². The molecule has 0 unspecified atom stereocenters. The number of nitrogens with one attached hydrogen (secondary N) is 2. The van der Waals surface area contributed by atoms with E-state index in [1.54, 1.807) is 18.2 Å². The Labute approximate surface area is 111 Å². The minimum Gasteiger partial charge on any atom is -0.379 e. The van der Waals surface area contributed by atoms with Crippen LogP contribution < -0.4 is 11.1 Å². The highest BCUT2D eigenvalue weighted by molar-refractivity contribution is 9.10. The minimum absolute atomic E-state index is 0.0861. The van der Waals surface area contributed by atoms with Crippen molar-refractivity contribution >= 4 is 56.1 Å². The van der Waals surface area contributed by atoms with E-state index in [4.69, 9.17) is 22.7 Å². The Hall–Kier alpha value is -0.720. The molecule has 0 aliphatic rings. The summed E-state index contributed by atoms with van der Waals surface area (Å²) in [5.41, 5.74) is 5.66. The van der Waals surface area contributed by atoms with Crippen molar-refractivity contribution in [2.45, 2.75) is 0 Å². The number of benzene rings is 1. The number of nitrogens with two attached hydrogens (primary N) is 1. The number of carbonyl (C=O) groups excluding carboxylic acids is 1. The third-order valence-corrected chi connectivity index (χ3v) is 3.09. The van der Waals surface area contributed by atoms with Gasteiger partial charge >= 0.3 is 0 Å². The lowest BCUT2D eigenvalue weighted by molar-refractivity contribution is -0.113. The fraction of sp³-hybridized carbons (Fsp3) is 0.111. The molecule has 0 bridgehead atoms. The monoisotopic (exact) mass is 321 g/mol. The van der Waals surface area contributed by atoms with E-state index in [0.29, 0.717) is 10.7 Å². The number of amidine groups is 1. The van der Waals surface area contributed by atoms with Gasteiger partial charge < -0.3 is 11.1 Å². The molecule has 1 aromatic rings. The van der Waals surface area contributed by atoms with Gasteiger partial charge in [-0.15, -0.1) is 0 Å². The summed E-state index contributed by atoms with van der Waals surface area (Å²) >= 11 is 10.1. The molecule has 0 atom stereocenters. The molecule has 0 aliphatic heterocycles. The van der Waals surface area contributed by atoms with Crippen molar-refractivity contribution < 1.29 is 4.79 Å². The topological polar surface area (TPSA) is 79.0 Å². The molecule has 4 N–H and O–H groups in total. The summed E-state index contributed by atoms with van der Waals surface area (Å²) in [4.78, 5) is 11.4. The molecule has 0 spiro atoms. The third-order valence-electron chi connectivity index (χ3n) is 1.56. The number of thioether (sulfide) groups is 1. The largest absolute Gasteiger partial charge is 0.379 e. The van der Waals surface area contributed by atoms with Crippen LogP contribution in [0.25, 0.3) is 0 Å². The van der Waals surface area contributed by atoms with Gasteiger partial charge in [-0.25, -0.2) is 0 Å². The Morgan fingerprint density at radius 2 is 2.31 bits per heavy atom. The first kappa shape index (κ1) is 13.3. The maximum atomic E-state index is 11.4. The van der Waals surface area contributed by atoms with Gasteiger partial charge in [-0.1, -0.05) is 39.3 Å². The van der Waals surface area contributed by atoms with E-state index < -0.39 is 0 Å². The van der Waals surface area contributed by atoms with Gasteiger partial charge in [0.2, 0.25) is 5.91 Å². The molecule has 1 amide bonds. The second-order valence-corrected chi connectivity index (χ2v) is 5.17. The van der Waals surface area contributed by atoms with Crippen molar-refractivity contribution in [2.24, 2.45) is 5.73 Å². The number of hydrogen-bond acceptors (Lipinski definition) is 3. The molecule has 1 rings (SSSR count). The molecule has 0 saturated carbocycles. The van der Waals surface area contributed by atoms with Crippen molar-refractivity contribution in [2.75, 3.05) is 11.1 Å². The van der Waals surface area contributed by atoms with Crippen LogP contribution in [0.3, 0.4) is 0 Å². The van der Waals surface area contributed by atoms with Gasteiger partial charge in [0.15, 0.2) is 5.17 Å². The quantitative estimate of drug-likeness (QED) is 0.591. The lowest BCUT2D eigenvalue weighted by Crippen LogP contribution is -2.17. The number of rotatable bonds is 3. The molecular weight excluding hydrogens is 314 g/mol. The number of carbonyl (C=O) groups is 1. The van der Waals surface area contributed by atoms with E-state index in [1.807, 2.05) is 0 Å². The lowest BCUT2D eigenvalue weighted by Gasteiger charge is -2.06. The minimum atomic E-state index is -0.246. The zero-order valence-electron chi connectivity index (χ0n) is 8.09. The maximum Gasteiger partial charge on any atom is 0.234 e. The summed E-state index contributed by atoms with van der Waals surface area (Å²) in [5, 5.41) is 9.96. The van der Waals surface area contributed by atoms with Gasteiger partial charge in [-0.05, 0) is 18.2 Å². The van der Waals surface area contributed by atoms with Crippen molar-refractivity contribution in [3.05, 3.63) is 27.7 Å². The van der Waals surface area contributed by atoms with E-state index in [2.05, 4.69) is 21.2 Å². The smallest absolute Gasteiger partial charge is 0.234 e. The van der Waals surface area contributed by atoms with Crippen LogP contribution in [0, 0.1) is 5.41 Å². The molecule has 0 fully saturated rings. The number of amides is 1. The van der Waals surface area contributed by atoms with Crippen LogP contribution in [0.2, 0.25) is 5.02 Å². The summed E-state index contributed by atoms with van der Waals surface area (Å²) < 4.78 is 0.841. The molecular formula is C9H9BrClN3OS. The predicted octanol–water partition coefficient (Wildman–Crippen LogP) is 2.67. The van der Waals surface area contributed by atoms with Crippen molar-refractivity contribution in [1.29, 1.82) is 5.41 Å². The van der Waals surface area contributed by atoms with Crippen LogP contribution in [0.1, 0.15) is 0 Å². The normalized spacial score (nSPS) is 9.88. The Balaban J connectivity index is 2.59. The fourth-order valence-electron chi connectivity index (χ4n) is 0.920. The van der Waals surface area contributed by atoms with E-state index in [0.717, 1.165) is 16.2 Å². The standard InChI is InChI=1S/C9H9BrClN3OS/c10-5-1-2-7(6(11)3-5)14-8(15)4-16-9(12)13/h1-3H,4H2,(H3,12,13)(H,14,15). The highest BCUT2D eigenvalue weighted by Crippen LogP contribution is 2.25. The van der Waals surface area contributed by atoms with Crippen LogP contribution in [-0.4, -0.2) is 16.8 Å². The molecule has 0 radical (unpaired) electrons. The summed E-state index contributed by atoms with van der Waals surface area (Å²) in [7, 11) is 0. The number of hydrogen-bond donors (Lipinski definition) is 3. The number of anilines is 1. The first-order valence-corrected chi connectivity index (χ1v) is 6.36. The second kappa shape index (κ2) is 6.12. The Bertz CT molecular complexity index is 427. The summed E-state index contributed by atoms with van der Waals surface area (Å²) in [6.45, 7) is 0. The summed E-state index contributed by atoms with van der Waals surface area (Å²) in [6, 6.07) is 5.16. The highest BCUT2D eigenvalue weighted by atomic mass is 79.9. The van der Waals surface area contributed by atoms with E-state index in [1.165, 1.54) is 0 Å². The van der Waals surface area contributed by atoms with Crippen molar-refractivity contribution in [3.63, 3.8) is 0 Å². The van der Waals surface area contributed by atoms with E-state index >= 15 is 0 Å². The molecule has 4 nitrogen and oxygen atoms in total. The Kier molecular flexibility index (Phi) is 5.11. The molecule has 0 heterocycles. The maximum absolute atomic E-state index is 11.4. The van der Waals surface area contributed by atoms with E-state index in [-0.39, 0.29) is 16.8 Å². The van der Waals surface area contributed by atoms with Crippen molar-refractivity contribution in [1.82, 2.24) is 0 Å². The Morgan fingerprint density at radius 1 is 1.62 bits per heavy atom. The van der Waals surface area contributed by atoms with Gasteiger partial charge in [-0.3, -0.25) is 10.2 Å². The fourth-order valence-corrected chi connectivity index (χ4v) is 2.00. The molecule has 7 heteroatoms. The Morgan fingerprint density at radius 3 is 2.88 bits per heavy atom. The number of halogens is 2. The van der Waals surface area contributed by atoms with Crippen molar-refractivity contribution in [3.8, 4) is 0 Å². The molecule has 86 valence electrons. The van der Waals surface area contributed by atoms with Gasteiger partial charge in [-0.2, -0.15) is 0 Å². The average Bonchev–Trinajstić information content (AvgIpc) is 2.19. The second-order valence-electron chi connectivity index (χ2n) is 2.83. The zero-order chi connectivity index (χ0) is 12.1. The molecule has 0 aliphatic carbocycles. The molecule has 0 aromatic heterocycles. The highest BCUT2D eigenvalue weighted by Gasteiger charge is 2.06. The van der Waals surface area contributed by atoms with E-state index in [9.17, 15) is 4.79 Å². The van der Waals surface area contributed by atoms with Gasteiger partial charge in [0, 0.05) is 4.47 Å². The predicted molar refractivity (Wildman–Crippen MR) is 72.2 cm³/mol. The summed E-state index contributed by atoms with van der Waals surface area (Å²) in [5.74, 6) is -0.147. The van der Waals surface area contributed by atoms with Crippen LogP contribution in [-0.2, 0) is 4.79 Å². The summed E-state index contributed by atoms with van der Waals surface area (Å²) in [6.07, 6.45) is 0. The van der Waals surface area contributed by atoms with Crippen LogP contribution in [0.5, 0.6) is 0 Å². The molecule has 1 aromatic carbocycles. The molecule has 0 saturated heterocycles. The van der Waals surface area contributed by atoms with Gasteiger partial charge in [0.25, 0.3) is 0 Å². The first-order valence-electron chi connectivity index (χ1n) is 4.21. The van der Waals surface area contributed by atoms with Crippen LogP contribution >= 0.6 is 39.3 Å².